The molecule has 0 aliphatic rings. The largest absolute Gasteiger partial charge is 0.493 e. The molecule has 0 spiro atoms. The van der Waals surface area contributed by atoms with Crippen molar-refractivity contribution >= 4 is 11.0 Å². The Labute approximate surface area is 100 Å². The van der Waals surface area contributed by atoms with Gasteiger partial charge in [0.15, 0.2) is 5.58 Å². The summed E-state index contributed by atoms with van der Waals surface area (Å²) in [7, 11) is 0. The van der Waals surface area contributed by atoms with E-state index in [4.69, 9.17) is 14.4 Å². The minimum absolute atomic E-state index is 0.0682. The number of aliphatic hydroxyl groups excluding tert-OH is 1. The Morgan fingerprint density at radius 1 is 1.41 bits per heavy atom. The molecule has 0 atom stereocenters. The summed E-state index contributed by atoms with van der Waals surface area (Å²) in [6, 6.07) is 5.64. The number of ether oxygens (including phenoxy) is 1. The van der Waals surface area contributed by atoms with Crippen molar-refractivity contribution in [2.75, 3.05) is 13.2 Å². The van der Waals surface area contributed by atoms with Gasteiger partial charge in [-0.05, 0) is 24.1 Å². The maximum atomic E-state index is 8.93. The monoisotopic (exact) mass is 235 g/mol. The van der Waals surface area contributed by atoms with Crippen LogP contribution in [0, 0.1) is 5.92 Å². The van der Waals surface area contributed by atoms with Crippen LogP contribution in [0.4, 0.5) is 0 Å². The Kier molecular flexibility index (Phi) is 3.64. The van der Waals surface area contributed by atoms with Gasteiger partial charge < -0.3 is 14.4 Å². The van der Waals surface area contributed by atoms with Crippen molar-refractivity contribution in [2.24, 2.45) is 5.92 Å². The second-order valence-electron chi connectivity index (χ2n) is 4.47. The summed E-state index contributed by atoms with van der Waals surface area (Å²) in [5.74, 6) is 1.30. The number of nitrogens with zero attached hydrogens (tertiary/aromatic N) is 1. The number of rotatable bonds is 5. The molecule has 1 heterocycles. The van der Waals surface area contributed by atoms with Crippen LogP contribution in [0.25, 0.3) is 11.0 Å². The van der Waals surface area contributed by atoms with Crippen LogP contribution in [0.3, 0.4) is 0 Å². The fourth-order valence-electron chi connectivity index (χ4n) is 1.61. The summed E-state index contributed by atoms with van der Waals surface area (Å²) in [6.45, 7) is 4.97. The maximum absolute atomic E-state index is 8.93. The smallest absolute Gasteiger partial charge is 0.167 e. The van der Waals surface area contributed by atoms with Gasteiger partial charge in [0.1, 0.15) is 5.75 Å². The molecule has 2 aromatic rings. The first-order valence-corrected chi connectivity index (χ1v) is 5.82. The van der Waals surface area contributed by atoms with Gasteiger partial charge in [0.2, 0.25) is 0 Å². The first-order valence-electron chi connectivity index (χ1n) is 5.82. The molecule has 0 aliphatic carbocycles. The minimum Gasteiger partial charge on any atom is -0.493 e. The summed E-state index contributed by atoms with van der Waals surface area (Å²) in [4.78, 5) is 0. The number of hydrogen-bond donors (Lipinski definition) is 1. The average Bonchev–Trinajstić information content (AvgIpc) is 2.70. The van der Waals surface area contributed by atoms with Crippen LogP contribution in [-0.2, 0) is 6.42 Å². The molecule has 0 saturated heterocycles. The van der Waals surface area contributed by atoms with Crippen molar-refractivity contribution < 1.29 is 14.4 Å². The van der Waals surface area contributed by atoms with Crippen molar-refractivity contribution in [3.05, 3.63) is 23.9 Å². The molecule has 4 heteroatoms. The number of fused-ring (bicyclic) bond motifs is 1. The van der Waals surface area contributed by atoms with E-state index in [0.29, 0.717) is 18.9 Å². The molecule has 2 rings (SSSR count). The van der Waals surface area contributed by atoms with Crippen molar-refractivity contribution in [3.8, 4) is 5.75 Å². The molecule has 0 unspecified atom stereocenters. The lowest BCUT2D eigenvalue weighted by atomic mass is 10.1. The molecule has 1 aromatic heterocycles. The Morgan fingerprint density at radius 2 is 2.24 bits per heavy atom. The summed E-state index contributed by atoms with van der Waals surface area (Å²) < 4.78 is 10.8. The zero-order chi connectivity index (χ0) is 12.3. The highest BCUT2D eigenvalue weighted by Crippen LogP contribution is 2.24. The fourth-order valence-corrected chi connectivity index (χ4v) is 1.61. The molecule has 17 heavy (non-hydrogen) atoms. The second kappa shape index (κ2) is 5.19. The number of benzene rings is 1. The van der Waals surface area contributed by atoms with Gasteiger partial charge in [-0.15, -0.1) is 0 Å². The Hall–Kier alpha value is -1.55. The van der Waals surface area contributed by atoms with Crippen LogP contribution >= 0.6 is 0 Å². The van der Waals surface area contributed by atoms with Crippen molar-refractivity contribution in [3.63, 3.8) is 0 Å². The van der Waals surface area contributed by atoms with E-state index < -0.39 is 0 Å². The topological polar surface area (TPSA) is 55.5 Å². The molecule has 0 fully saturated rings. The van der Waals surface area contributed by atoms with Gasteiger partial charge in [0.25, 0.3) is 0 Å². The van der Waals surface area contributed by atoms with E-state index in [1.54, 1.807) is 0 Å². The summed E-state index contributed by atoms with van der Waals surface area (Å²) in [5.41, 5.74) is 1.50. The second-order valence-corrected chi connectivity index (χ2v) is 4.47. The molecule has 0 radical (unpaired) electrons. The van der Waals surface area contributed by atoms with E-state index in [9.17, 15) is 0 Å². The summed E-state index contributed by atoms with van der Waals surface area (Å²) >= 11 is 0. The van der Waals surface area contributed by atoms with Gasteiger partial charge in [0, 0.05) is 18.4 Å². The van der Waals surface area contributed by atoms with Crippen LogP contribution in [0.15, 0.2) is 22.7 Å². The van der Waals surface area contributed by atoms with E-state index >= 15 is 0 Å². The molecule has 0 amide bonds. The highest BCUT2D eigenvalue weighted by Gasteiger charge is 2.09. The van der Waals surface area contributed by atoms with Gasteiger partial charge >= 0.3 is 0 Å². The Bertz CT molecular complexity index is 490. The van der Waals surface area contributed by atoms with E-state index in [0.717, 1.165) is 22.4 Å². The molecule has 4 nitrogen and oxygen atoms in total. The van der Waals surface area contributed by atoms with Crippen molar-refractivity contribution in [1.82, 2.24) is 5.16 Å². The number of aliphatic hydroxyl groups is 1. The van der Waals surface area contributed by atoms with E-state index in [1.807, 2.05) is 18.2 Å². The van der Waals surface area contributed by atoms with Crippen LogP contribution in [-0.4, -0.2) is 23.5 Å². The first kappa shape index (κ1) is 11.9. The van der Waals surface area contributed by atoms with Crippen LogP contribution < -0.4 is 4.74 Å². The number of aromatic nitrogens is 1. The normalized spacial score (nSPS) is 11.3. The zero-order valence-electron chi connectivity index (χ0n) is 10.1. The van der Waals surface area contributed by atoms with Crippen LogP contribution in [0.2, 0.25) is 0 Å². The molecule has 0 bridgehead atoms. The molecular weight excluding hydrogens is 218 g/mol. The van der Waals surface area contributed by atoms with Crippen LogP contribution in [0.1, 0.15) is 19.5 Å². The standard InChI is InChI=1S/C13H17NO3/c1-9(2)8-16-10-3-4-13-11(7-10)12(5-6-15)14-17-13/h3-4,7,9,15H,5-6,8H2,1-2H3. The third-order valence-electron chi connectivity index (χ3n) is 2.45. The SMILES string of the molecule is CC(C)COc1ccc2onc(CCO)c2c1. The molecular formula is C13H17NO3. The fraction of sp³-hybridized carbons (Fsp3) is 0.462. The number of hydrogen-bond acceptors (Lipinski definition) is 4. The molecule has 1 aromatic carbocycles. The summed E-state index contributed by atoms with van der Waals surface area (Å²) in [5, 5.41) is 13.8. The third kappa shape index (κ3) is 2.77. The highest BCUT2D eigenvalue weighted by atomic mass is 16.5. The predicted molar refractivity (Wildman–Crippen MR) is 65.1 cm³/mol. The van der Waals surface area contributed by atoms with E-state index in [2.05, 4.69) is 19.0 Å². The van der Waals surface area contributed by atoms with Gasteiger partial charge in [-0.25, -0.2) is 0 Å². The minimum atomic E-state index is 0.0682. The quantitative estimate of drug-likeness (QED) is 0.864. The van der Waals surface area contributed by atoms with Crippen molar-refractivity contribution in [2.45, 2.75) is 20.3 Å². The van der Waals surface area contributed by atoms with Gasteiger partial charge in [0.05, 0.1) is 12.3 Å². The lowest BCUT2D eigenvalue weighted by Gasteiger charge is -2.08. The predicted octanol–water partition coefficient (Wildman–Crippen LogP) is 2.40. The lowest BCUT2D eigenvalue weighted by molar-refractivity contribution is 0.271. The van der Waals surface area contributed by atoms with Gasteiger partial charge in [-0.1, -0.05) is 19.0 Å². The molecule has 0 aliphatic heterocycles. The molecule has 92 valence electrons. The molecule has 1 N–H and O–H groups in total. The maximum Gasteiger partial charge on any atom is 0.167 e. The Balaban J connectivity index is 2.24. The van der Waals surface area contributed by atoms with E-state index in [1.165, 1.54) is 0 Å². The third-order valence-corrected chi connectivity index (χ3v) is 2.45. The van der Waals surface area contributed by atoms with Crippen molar-refractivity contribution in [1.29, 1.82) is 0 Å². The highest BCUT2D eigenvalue weighted by molar-refractivity contribution is 5.81. The van der Waals surface area contributed by atoms with Crippen LogP contribution in [0.5, 0.6) is 5.75 Å². The van der Waals surface area contributed by atoms with Gasteiger partial charge in [-0.3, -0.25) is 0 Å². The van der Waals surface area contributed by atoms with E-state index in [-0.39, 0.29) is 6.61 Å². The zero-order valence-corrected chi connectivity index (χ0v) is 10.1. The lowest BCUT2D eigenvalue weighted by Crippen LogP contribution is -2.04. The molecule has 0 saturated carbocycles. The van der Waals surface area contributed by atoms with Gasteiger partial charge in [-0.2, -0.15) is 0 Å². The average molecular weight is 235 g/mol. The Morgan fingerprint density at radius 3 is 2.94 bits per heavy atom. The first-order chi connectivity index (χ1) is 8.20. The summed E-state index contributed by atoms with van der Waals surface area (Å²) in [6.07, 6.45) is 0.501.